The normalized spacial score (nSPS) is 10.9. The Morgan fingerprint density at radius 2 is 2.05 bits per heavy atom. The molecular formula is C15H20BrN3. The summed E-state index contributed by atoms with van der Waals surface area (Å²) in [5, 5.41) is 4.72. The van der Waals surface area contributed by atoms with Crippen LogP contribution in [0.5, 0.6) is 0 Å². The number of halogens is 1. The Balaban J connectivity index is 2.37. The highest BCUT2D eigenvalue weighted by atomic mass is 79.9. The van der Waals surface area contributed by atoms with E-state index in [2.05, 4.69) is 52.7 Å². The van der Waals surface area contributed by atoms with E-state index in [1.54, 1.807) is 0 Å². The average Bonchev–Trinajstić information content (AvgIpc) is 2.75. The SMILES string of the molecule is CCc1nn(Cc2cccc(Br)c2)c(CC)c1CN. The van der Waals surface area contributed by atoms with Crippen molar-refractivity contribution in [3.63, 3.8) is 0 Å². The predicted octanol–water partition coefficient (Wildman–Crippen LogP) is 3.28. The lowest BCUT2D eigenvalue weighted by molar-refractivity contribution is 0.639. The zero-order chi connectivity index (χ0) is 13.8. The summed E-state index contributed by atoms with van der Waals surface area (Å²) in [6.07, 6.45) is 1.90. The van der Waals surface area contributed by atoms with Gasteiger partial charge in [0.1, 0.15) is 0 Å². The Bertz CT molecular complexity index is 561. The Kier molecular flexibility index (Phi) is 4.77. The minimum atomic E-state index is 0.574. The van der Waals surface area contributed by atoms with Crippen molar-refractivity contribution in [1.29, 1.82) is 0 Å². The standard InChI is InChI=1S/C15H20BrN3/c1-3-14-13(9-17)15(4-2)19(18-14)10-11-6-5-7-12(16)8-11/h5-8H,3-4,9-10,17H2,1-2H3. The molecule has 0 aliphatic heterocycles. The Morgan fingerprint density at radius 3 is 2.63 bits per heavy atom. The number of aryl methyl sites for hydroxylation is 1. The quantitative estimate of drug-likeness (QED) is 0.918. The molecule has 0 bridgehead atoms. The number of benzene rings is 1. The second kappa shape index (κ2) is 6.35. The Labute approximate surface area is 122 Å². The molecule has 2 aromatic rings. The maximum Gasteiger partial charge on any atom is 0.0669 e. The fourth-order valence-corrected chi connectivity index (χ4v) is 2.89. The van der Waals surface area contributed by atoms with Crippen LogP contribution < -0.4 is 5.73 Å². The van der Waals surface area contributed by atoms with E-state index in [4.69, 9.17) is 10.8 Å². The number of hydrogen-bond donors (Lipinski definition) is 1. The predicted molar refractivity (Wildman–Crippen MR) is 82.1 cm³/mol. The van der Waals surface area contributed by atoms with Crippen LogP contribution in [0, 0.1) is 0 Å². The van der Waals surface area contributed by atoms with Gasteiger partial charge in [0, 0.05) is 22.3 Å². The van der Waals surface area contributed by atoms with Crippen molar-refractivity contribution >= 4 is 15.9 Å². The van der Waals surface area contributed by atoms with Crippen LogP contribution >= 0.6 is 15.9 Å². The number of hydrogen-bond acceptors (Lipinski definition) is 2. The van der Waals surface area contributed by atoms with E-state index in [1.807, 2.05) is 6.07 Å². The molecule has 0 saturated carbocycles. The van der Waals surface area contributed by atoms with Gasteiger partial charge in [0.05, 0.1) is 12.2 Å². The zero-order valence-corrected chi connectivity index (χ0v) is 13.1. The second-order valence-electron chi connectivity index (χ2n) is 4.57. The maximum atomic E-state index is 5.87. The van der Waals surface area contributed by atoms with Crippen LogP contribution in [0.15, 0.2) is 28.7 Å². The highest BCUT2D eigenvalue weighted by Crippen LogP contribution is 2.18. The van der Waals surface area contributed by atoms with E-state index in [9.17, 15) is 0 Å². The second-order valence-corrected chi connectivity index (χ2v) is 5.49. The first-order chi connectivity index (χ1) is 9.19. The molecule has 0 spiro atoms. The van der Waals surface area contributed by atoms with Crippen molar-refractivity contribution < 1.29 is 0 Å². The molecule has 1 heterocycles. The van der Waals surface area contributed by atoms with Gasteiger partial charge in [-0.15, -0.1) is 0 Å². The first-order valence-corrected chi connectivity index (χ1v) is 7.50. The molecule has 0 fully saturated rings. The minimum Gasteiger partial charge on any atom is -0.326 e. The van der Waals surface area contributed by atoms with Gasteiger partial charge in [0.15, 0.2) is 0 Å². The van der Waals surface area contributed by atoms with E-state index in [0.717, 1.165) is 29.6 Å². The summed E-state index contributed by atoms with van der Waals surface area (Å²) < 4.78 is 3.20. The third-order valence-corrected chi connectivity index (χ3v) is 3.84. The smallest absolute Gasteiger partial charge is 0.0669 e. The first kappa shape index (κ1) is 14.3. The summed E-state index contributed by atoms with van der Waals surface area (Å²) >= 11 is 3.51. The van der Waals surface area contributed by atoms with Crippen molar-refractivity contribution in [2.24, 2.45) is 5.73 Å². The average molecular weight is 322 g/mol. The molecule has 1 aromatic carbocycles. The zero-order valence-electron chi connectivity index (χ0n) is 11.5. The number of rotatable bonds is 5. The van der Waals surface area contributed by atoms with Crippen molar-refractivity contribution in [3.8, 4) is 0 Å². The van der Waals surface area contributed by atoms with E-state index in [0.29, 0.717) is 6.54 Å². The van der Waals surface area contributed by atoms with Gasteiger partial charge in [-0.25, -0.2) is 0 Å². The molecule has 2 rings (SSSR count). The summed E-state index contributed by atoms with van der Waals surface area (Å²) in [5.41, 5.74) is 10.7. The van der Waals surface area contributed by atoms with Crippen LogP contribution in [-0.4, -0.2) is 9.78 Å². The highest BCUT2D eigenvalue weighted by Gasteiger charge is 2.14. The monoisotopic (exact) mass is 321 g/mol. The van der Waals surface area contributed by atoms with E-state index in [1.165, 1.54) is 16.8 Å². The third kappa shape index (κ3) is 3.07. The molecule has 2 N–H and O–H groups in total. The van der Waals surface area contributed by atoms with Gasteiger partial charge < -0.3 is 5.73 Å². The van der Waals surface area contributed by atoms with Crippen molar-refractivity contribution in [1.82, 2.24) is 9.78 Å². The molecule has 0 radical (unpaired) electrons. The topological polar surface area (TPSA) is 43.8 Å². The van der Waals surface area contributed by atoms with Crippen LogP contribution in [0.4, 0.5) is 0 Å². The summed E-state index contributed by atoms with van der Waals surface area (Å²) in [6.45, 7) is 5.66. The molecule has 3 nitrogen and oxygen atoms in total. The van der Waals surface area contributed by atoms with Crippen LogP contribution in [-0.2, 0) is 25.9 Å². The molecule has 0 aliphatic carbocycles. The molecule has 0 unspecified atom stereocenters. The molecule has 0 amide bonds. The summed E-state index contributed by atoms with van der Waals surface area (Å²) in [7, 11) is 0. The van der Waals surface area contributed by atoms with Crippen LogP contribution in [0.25, 0.3) is 0 Å². The lowest BCUT2D eigenvalue weighted by Gasteiger charge is -2.07. The molecular weight excluding hydrogens is 302 g/mol. The molecule has 4 heteroatoms. The van der Waals surface area contributed by atoms with Crippen molar-refractivity contribution in [2.75, 3.05) is 0 Å². The number of nitrogens with two attached hydrogens (primary N) is 1. The van der Waals surface area contributed by atoms with Gasteiger partial charge in [0.25, 0.3) is 0 Å². The summed E-state index contributed by atoms with van der Waals surface area (Å²) in [6, 6.07) is 8.35. The van der Waals surface area contributed by atoms with Crippen LogP contribution in [0.2, 0.25) is 0 Å². The molecule has 102 valence electrons. The molecule has 1 aromatic heterocycles. The lowest BCUT2D eigenvalue weighted by Crippen LogP contribution is -2.08. The third-order valence-electron chi connectivity index (χ3n) is 3.34. The fourth-order valence-electron chi connectivity index (χ4n) is 2.44. The Hall–Kier alpha value is -1.13. The minimum absolute atomic E-state index is 0.574. The molecule has 0 aliphatic rings. The molecule has 19 heavy (non-hydrogen) atoms. The van der Waals surface area contributed by atoms with E-state index < -0.39 is 0 Å². The molecule has 0 atom stereocenters. The largest absolute Gasteiger partial charge is 0.326 e. The highest BCUT2D eigenvalue weighted by molar-refractivity contribution is 9.10. The van der Waals surface area contributed by atoms with E-state index >= 15 is 0 Å². The van der Waals surface area contributed by atoms with Gasteiger partial charge in [-0.3, -0.25) is 4.68 Å². The van der Waals surface area contributed by atoms with E-state index in [-0.39, 0.29) is 0 Å². The van der Waals surface area contributed by atoms with Gasteiger partial charge in [0.2, 0.25) is 0 Å². The maximum absolute atomic E-state index is 5.87. The van der Waals surface area contributed by atoms with Crippen LogP contribution in [0.3, 0.4) is 0 Å². The first-order valence-electron chi connectivity index (χ1n) is 6.71. The van der Waals surface area contributed by atoms with Crippen molar-refractivity contribution in [3.05, 3.63) is 51.3 Å². The molecule has 0 saturated heterocycles. The summed E-state index contributed by atoms with van der Waals surface area (Å²) in [5.74, 6) is 0. The fraction of sp³-hybridized carbons (Fsp3) is 0.400. The van der Waals surface area contributed by atoms with Gasteiger partial charge in [-0.2, -0.15) is 5.10 Å². The Morgan fingerprint density at radius 1 is 1.26 bits per heavy atom. The van der Waals surface area contributed by atoms with Gasteiger partial charge in [-0.05, 0) is 30.5 Å². The number of aromatic nitrogens is 2. The number of nitrogens with zero attached hydrogens (tertiary/aromatic N) is 2. The van der Waals surface area contributed by atoms with Gasteiger partial charge >= 0.3 is 0 Å². The van der Waals surface area contributed by atoms with Crippen LogP contribution in [0.1, 0.15) is 36.4 Å². The van der Waals surface area contributed by atoms with Crippen molar-refractivity contribution in [2.45, 2.75) is 39.8 Å². The summed E-state index contributed by atoms with van der Waals surface area (Å²) in [4.78, 5) is 0. The lowest BCUT2D eigenvalue weighted by atomic mass is 10.1. The van der Waals surface area contributed by atoms with Gasteiger partial charge in [-0.1, -0.05) is 41.9 Å².